The van der Waals surface area contributed by atoms with E-state index < -0.39 is 0 Å². The van der Waals surface area contributed by atoms with Crippen LogP contribution in [0.2, 0.25) is 0 Å². The molecule has 0 unspecified atom stereocenters. The second kappa shape index (κ2) is 7.38. The minimum Gasteiger partial charge on any atom is -0.328 e. The fourth-order valence-electron chi connectivity index (χ4n) is 3.31. The second-order valence-electron chi connectivity index (χ2n) is 5.93. The molecule has 2 fully saturated rings. The van der Waals surface area contributed by atoms with E-state index >= 15 is 0 Å². The van der Waals surface area contributed by atoms with Gasteiger partial charge in [0, 0.05) is 12.6 Å². The molecule has 17 heavy (non-hydrogen) atoms. The van der Waals surface area contributed by atoms with Crippen LogP contribution in [0, 0.1) is 11.8 Å². The first kappa shape index (κ1) is 15.0. The van der Waals surface area contributed by atoms with Gasteiger partial charge in [0.2, 0.25) is 0 Å². The summed E-state index contributed by atoms with van der Waals surface area (Å²) in [7, 11) is 0. The summed E-state index contributed by atoms with van der Waals surface area (Å²) >= 11 is 0. The Kier molecular flexibility index (Phi) is 6.50. The molecule has 1 saturated heterocycles. The molecule has 0 amide bonds. The molecule has 2 aliphatic rings. The third kappa shape index (κ3) is 4.59. The molecule has 2 rings (SSSR count). The van der Waals surface area contributed by atoms with Crippen LogP contribution in [0.15, 0.2) is 0 Å². The molecular weight excluding hydrogens is 208 g/mol. The normalized spacial score (nSPS) is 32.1. The van der Waals surface area contributed by atoms with Crippen molar-refractivity contribution in [3.63, 3.8) is 0 Å². The smallest absolute Gasteiger partial charge is 0.00390 e. The largest absolute Gasteiger partial charge is 0.328 e. The first-order chi connectivity index (χ1) is 7.78. The van der Waals surface area contributed by atoms with Crippen molar-refractivity contribution >= 4 is 0 Å². The van der Waals surface area contributed by atoms with Gasteiger partial charge in [0.25, 0.3) is 0 Å². The van der Waals surface area contributed by atoms with Gasteiger partial charge in [0.15, 0.2) is 0 Å². The summed E-state index contributed by atoms with van der Waals surface area (Å²) in [5, 5.41) is 0. The highest BCUT2D eigenvalue weighted by atomic mass is 15.1. The number of piperidine rings is 1. The van der Waals surface area contributed by atoms with E-state index in [0.29, 0.717) is 6.04 Å². The molecule has 102 valence electrons. The summed E-state index contributed by atoms with van der Waals surface area (Å²) in [6, 6.07) is 0.502. The number of hydrogen-bond donors (Lipinski definition) is 1. The van der Waals surface area contributed by atoms with Crippen LogP contribution >= 0.6 is 0 Å². The van der Waals surface area contributed by atoms with Crippen LogP contribution in [0.1, 0.15) is 59.3 Å². The average molecular weight is 240 g/mol. The van der Waals surface area contributed by atoms with Gasteiger partial charge in [0.1, 0.15) is 0 Å². The Morgan fingerprint density at radius 3 is 2.06 bits per heavy atom. The van der Waals surface area contributed by atoms with Crippen molar-refractivity contribution in [2.24, 2.45) is 17.6 Å². The van der Waals surface area contributed by atoms with Crippen molar-refractivity contribution in [1.29, 1.82) is 0 Å². The molecule has 1 saturated carbocycles. The lowest BCUT2D eigenvalue weighted by molar-refractivity contribution is 0.141. The molecule has 1 heterocycles. The van der Waals surface area contributed by atoms with Gasteiger partial charge in [-0.05, 0) is 63.5 Å². The fourth-order valence-corrected chi connectivity index (χ4v) is 3.31. The highest BCUT2D eigenvalue weighted by molar-refractivity contribution is 4.79. The van der Waals surface area contributed by atoms with E-state index in [1.165, 1.54) is 64.6 Å². The Balaban J connectivity index is 0.00000144. The first-order valence-electron chi connectivity index (χ1n) is 7.26. The van der Waals surface area contributed by atoms with Gasteiger partial charge >= 0.3 is 0 Å². The lowest BCUT2D eigenvalue weighted by atomic mass is 9.85. The first-order valence-corrected chi connectivity index (χ1v) is 7.26. The Morgan fingerprint density at radius 2 is 1.53 bits per heavy atom. The van der Waals surface area contributed by atoms with E-state index in [1.54, 1.807) is 0 Å². The molecule has 0 aromatic heterocycles. The van der Waals surface area contributed by atoms with E-state index in [9.17, 15) is 0 Å². The Morgan fingerprint density at radius 1 is 0.941 bits per heavy atom. The quantitative estimate of drug-likeness (QED) is 0.820. The number of rotatable bonds is 3. The third-order valence-corrected chi connectivity index (χ3v) is 4.69. The molecular formula is C15H32N2. The van der Waals surface area contributed by atoms with Crippen molar-refractivity contribution in [2.45, 2.75) is 65.3 Å². The van der Waals surface area contributed by atoms with E-state index in [4.69, 9.17) is 5.73 Å². The predicted molar refractivity (Wildman–Crippen MR) is 76.1 cm³/mol. The van der Waals surface area contributed by atoms with E-state index in [1.807, 2.05) is 0 Å². The number of nitrogens with two attached hydrogens (primary N) is 1. The van der Waals surface area contributed by atoms with Gasteiger partial charge < -0.3 is 10.6 Å². The van der Waals surface area contributed by atoms with E-state index in [2.05, 4.69) is 11.8 Å². The Bertz CT molecular complexity index is 189. The second-order valence-corrected chi connectivity index (χ2v) is 5.93. The van der Waals surface area contributed by atoms with E-state index in [-0.39, 0.29) is 7.43 Å². The zero-order valence-corrected chi connectivity index (χ0v) is 10.8. The van der Waals surface area contributed by atoms with Crippen molar-refractivity contribution < 1.29 is 0 Å². The van der Waals surface area contributed by atoms with Gasteiger partial charge in [-0.15, -0.1) is 0 Å². The topological polar surface area (TPSA) is 29.3 Å². The molecule has 2 heteroatoms. The van der Waals surface area contributed by atoms with E-state index in [0.717, 1.165) is 11.8 Å². The van der Waals surface area contributed by atoms with Crippen LogP contribution in [0.4, 0.5) is 0 Å². The van der Waals surface area contributed by atoms with Crippen molar-refractivity contribution in [3.8, 4) is 0 Å². The molecule has 0 bridgehead atoms. The molecule has 0 aromatic carbocycles. The highest BCUT2D eigenvalue weighted by Crippen LogP contribution is 2.26. The minimum absolute atomic E-state index is 0. The van der Waals surface area contributed by atoms with Crippen molar-refractivity contribution in [1.82, 2.24) is 4.90 Å². The Labute approximate surface area is 108 Å². The number of likely N-dealkylation sites (tertiary alicyclic amines) is 1. The van der Waals surface area contributed by atoms with Gasteiger partial charge in [-0.25, -0.2) is 0 Å². The minimum atomic E-state index is 0. The number of hydrogen-bond acceptors (Lipinski definition) is 2. The van der Waals surface area contributed by atoms with Crippen LogP contribution in [0.5, 0.6) is 0 Å². The molecule has 2 N–H and O–H groups in total. The molecule has 0 aromatic rings. The summed E-state index contributed by atoms with van der Waals surface area (Å²) in [5.74, 6) is 1.95. The zero-order chi connectivity index (χ0) is 11.4. The Hall–Kier alpha value is -0.0800. The van der Waals surface area contributed by atoms with Gasteiger partial charge in [0.05, 0.1) is 0 Å². The SMILES string of the molecule is C.CCC1CCN(CC2CCC(N)CC2)CC1. The third-order valence-electron chi connectivity index (χ3n) is 4.69. The molecule has 2 nitrogen and oxygen atoms in total. The maximum atomic E-state index is 5.95. The van der Waals surface area contributed by atoms with Crippen molar-refractivity contribution in [2.75, 3.05) is 19.6 Å². The summed E-state index contributed by atoms with van der Waals surface area (Å²) in [6.07, 6.45) is 9.51. The predicted octanol–water partition coefficient (Wildman–Crippen LogP) is 3.26. The maximum absolute atomic E-state index is 5.95. The highest BCUT2D eigenvalue weighted by Gasteiger charge is 2.23. The summed E-state index contributed by atoms with van der Waals surface area (Å²) in [5.41, 5.74) is 5.95. The summed E-state index contributed by atoms with van der Waals surface area (Å²) < 4.78 is 0. The molecule has 1 aliphatic heterocycles. The van der Waals surface area contributed by atoms with Crippen LogP contribution in [-0.4, -0.2) is 30.6 Å². The van der Waals surface area contributed by atoms with Crippen LogP contribution in [0.3, 0.4) is 0 Å². The van der Waals surface area contributed by atoms with Gasteiger partial charge in [-0.1, -0.05) is 20.8 Å². The molecule has 1 aliphatic carbocycles. The monoisotopic (exact) mass is 240 g/mol. The van der Waals surface area contributed by atoms with Gasteiger partial charge in [-0.3, -0.25) is 0 Å². The summed E-state index contributed by atoms with van der Waals surface area (Å²) in [4.78, 5) is 2.70. The molecule has 0 atom stereocenters. The molecule has 0 spiro atoms. The summed E-state index contributed by atoms with van der Waals surface area (Å²) in [6.45, 7) is 6.38. The molecule has 0 radical (unpaired) electrons. The maximum Gasteiger partial charge on any atom is 0.00390 e. The fraction of sp³-hybridized carbons (Fsp3) is 1.00. The van der Waals surface area contributed by atoms with Crippen LogP contribution < -0.4 is 5.73 Å². The van der Waals surface area contributed by atoms with Crippen molar-refractivity contribution in [3.05, 3.63) is 0 Å². The lowest BCUT2D eigenvalue weighted by Gasteiger charge is -2.36. The van der Waals surface area contributed by atoms with Gasteiger partial charge in [-0.2, -0.15) is 0 Å². The lowest BCUT2D eigenvalue weighted by Crippen LogP contribution is -2.39. The zero-order valence-electron chi connectivity index (χ0n) is 10.8. The number of nitrogens with zero attached hydrogens (tertiary/aromatic N) is 1. The standard InChI is InChI=1S/C14H28N2.CH4/c1-2-12-7-9-16(10-8-12)11-13-3-5-14(15)6-4-13;/h12-14H,2-11,15H2,1H3;1H4. The average Bonchev–Trinajstić information content (AvgIpc) is 2.33. The van der Waals surface area contributed by atoms with Crippen LogP contribution in [0.25, 0.3) is 0 Å². The van der Waals surface area contributed by atoms with Crippen LogP contribution in [-0.2, 0) is 0 Å².